The molecule has 6 nitrogen and oxygen atoms in total. The molecule has 4 aliphatic rings. The molecule has 0 aromatic rings. The Morgan fingerprint density at radius 3 is 1.38 bits per heavy atom. The third-order valence-corrected chi connectivity index (χ3v) is 7.50. The highest BCUT2D eigenvalue weighted by molar-refractivity contribution is 5.81. The van der Waals surface area contributed by atoms with E-state index in [1.165, 1.54) is 32.1 Å². The lowest BCUT2D eigenvalue weighted by Gasteiger charge is -2.35. The molecule has 29 heavy (non-hydrogen) atoms. The van der Waals surface area contributed by atoms with Crippen molar-refractivity contribution in [2.75, 3.05) is 13.2 Å². The summed E-state index contributed by atoms with van der Waals surface area (Å²) >= 11 is 0. The van der Waals surface area contributed by atoms with Gasteiger partial charge in [0.2, 0.25) is 11.8 Å². The van der Waals surface area contributed by atoms with Crippen molar-refractivity contribution in [2.45, 2.75) is 108 Å². The van der Waals surface area contributed by atoms with Gasteiger partial charge >= 0.3 is 0 Å². The van der Waals surface area contributed by atoms with E-state index in [1.807, 2.05) is 0 Å². The topological polar surface area (TPSA) is 76.7 Å². The number of hydrogen-bond acceptors (Lipinski definition) is 4. The van der Waals surface area contributed by atoms with Gasteiger partial charge in [-0.25, -0.2) is 0 Å². The van der Waals surface area contributed by atoms with E-state index in [9.17, 15) is 9.59 Å². The predicted octanol–water partition coefficient (Wildman–Crippen LogP) is 3.08. The van der Waals surface area contributed by atoms with E-state index in [0.29, 0.717) is 12.1 Å². The van der Waals surface area contributed by atoms with Crippen LogP contribution in [0.15, 0.2) is 0 Å². The van der Waals surface area contributed by atoms with Crippen molar-refractivity contribution in [3.8, 4) is 0 Å². The Labute approximate surface area is 174 Å². The molecule has 2 amide bonds. The van der Waals surface area contributed by atoms with Gasteiger partial charge in [-0.2, -0.15) is 0 Å². The van der Waals surface area contributed by atoms with E-state index < -0.39 is 0 Å². The van der Waals surface area contributed by atoms with Crippen LogP contribution in [-0.4, -0.2) is 49.3 Å². The summed E-state index contributed by atoms with van der Waals surface area (Å²) in [6, 6.07) is 0.679. The molecule has 0 aromatic carbocycles. The Kier molecular flexibility index (Phi) is 7.46. The molecule has 2 atom stereocenters. The quantitative estimate of drug-likeness (QED) is 0.711. The maximum atomic E-state index is 12.2. The van der Waals surface area contributed by atoms with Gasteiger partial charge in [0, 0.05) is 25.3 Å². The zero-order chi connectivity index (χ0) is 20.1. The van der Waals surface area contributed by atoms with Gasteiger partial charge in [-0.1, -0.05) is 0 Å². The standard InChI is InChI=1S/C23H38N2O4/c26-22(20-3-1-13-28-20)24-18-9-5-16(6-10-18)15-17-7-11-19(12-8-17)25-23(27)21-4-2-14-29-21/h16-21H,1-15H2,(H,24,26)(H,25,27)/t16?,17?,18?,19?,20-,21-/m1/s1. The van der Waals surface area contributed by atoms with Crippen molar-refractivity contribution >= 4 is 11.8 Å². The van der Waals surface area contributed by atoms with Crippen LogP contribution in [0.2, 0.25) is 0 Å². The molecular formula is C23H38N2O4. The zero-order valence-corrected chi connectivity index (χ0v) is 17.7. The number of rotatable bonds is 6. The largest absolute Gasteiger partial charge is 0.368 e. The molecule has 0 spiro atoms. The number of carbonyl (C=O) groups excluding carboxylic acids is 2. The molecule has 6 heteroatoms. The van der Waals surface area contributed by atoms with Gasteiger partial charge in [0.05, 0.1) is 0 Å². The molecular weight excluding hydrogens is 368 g/mol. The lowest BCUT2D eigenvalue weighted by atomic mass is 9.75. The minimum Gasteiger partial charge on any atom is -0.368 e. The van der Waals surface area contributed by atoms with Crippen LogP contribution in [0.1, 0.15) is 83.5 Å². The number of nitrogens with one attached hydrogen (secondary N) is 2. The van der Waals surface area contributed by atoms with Crippen molar-refractivity contribution in [1.29, 1.82) is 0 Å². The second-order valence-electron chi connectivity index (χ2n) is 9.69. The molecule has 4 rings (SSSR count). The van der Waals surface area contributed by atoms with Crippen LogP contribution in [0.3, 0.4) is 0 Å². The van der Waals surface area contributed by atoms with Gasteiger partial charge in [-0.15, -0.1) is 0 Å². The van der Waals surface area contributed by atoms with Crippen LogP contribution in [0.25, 0.3) is 0 Å². The second-order valence-corrected chi connectivity index (χ2v) is 9.69. The van der Waals surface area contributed by atoms with Crippen molar-refractivity contribution in [1.82, 2.24) is 10.6 Å². The maximum Gasteiger partial charge on any atom is 0.249 e. The first-order chi connectivity index (χ1) is 14.2. The van der Waals surface area contributed by atoms with Crippen LogP contribution >= 0.6 is 0 Å². The van der Waals surface area contributed by atoms with E-state index in [0.717, 1.165) is 76.4 Å². The highest BCUT2D eigenvalue weighted by Crippen LogP contribution is 2.35. The smallest absolute Gasteiger partial charge is 0.249 e. The van der Waals surface area contributed by atoms with Crippen molar-refractivity contribution in [3.63, 3.8) is 0 Å². The van der Waals surface area contributed by atoms with Gasteiger partial charge in [0.15, 0.2) is 0 Å². The Balaban J connectivity index is 1.10. The Morgan fingerprint density at radius 1 is 0.621 bits per heavy atom. The summed E-state index contributed by atoms with van der Waals surface area (Å²) in [5.74, 6) is 1.81. The van der Waals surface area contributed by atoms with Crippen LogP contribution in [-0.2, 0) is 19.1 Å². The van der Waals surface area contributed by atoms with Crippen LogP contribution in [0.5, 0.6) is 0 Å². The number of hydrogen-bond donors (Lipinski definition) is 2. The minimum absolute atomic E-state index is 0.106. The third-order valence-electron chi connectivity index (χ3n) is 7.50. The van der Waals surface area contributed by atoms with Crippen LogP contribution in [0.4, 0.5) is 0 Å². The molecule has 0 bridgehead atoms. The van der Waals surface area contributed by atoms with Gasteiger partial charge in [-0.05, 0) is 95.3 Å². The molecule has 0 aromatic heterocycles. The van der Waals surface area contributed by atoms with Crippen molar-refractivity contribution in [2.24, 2.45) is 11.8 Å². The summed E-state index contributed by atoms with van der Waals surface area (Å²) in [5, 5.41) is 6.44. The predicted molar refractivity (Wildman–Crippen MR) is 110 cm³/mol. The Hall–Kier alpha value is -1.14. The molecule has 2 saturated heterocycles. The highest BCUT2D eigenvalue weighted by Gasteiger charge is 2.31. The summed E-state index contributed by atoms with van der Waals surface area (Å²) in [7, 11) is 0. The average molecular weight is 407 g/mol. The van der Waals surface area contributed by atoms with E-state index >= 15 is 0 Å². The molecule has 4 fully saturated rings. The lowest BCUT2D eigenvalue weighted by molar-refractivity contribution is -0.131. The molecule has 0 unspecified atom stereocenters. The first-order valence-corrected chi connectivity index (χ1v) is 12.0. The Bertz CT molecular complexity index is 493. The molecule has 2 aliphatic heterocycles. The fraction of sp³-hybridized carbons (Fsp3) is 0.913. The molecule has 2 N–H and O–H groups in total. The summed E-state index contributed by atoms with van der Waals surface area (Å²) in [6.07, 6.45) is 14.0. The highest BCUT2D eigenvalue weighted by atomic mass is 16.5. The minimum atomic E-state index is -0.205. The van der Waals surface area contributed by atoms with Gasteiger partial charge in [-0.3, -0.25) is 9.59 Å². The molecule has 2 aliphatic carbocycles. The lowest BCUT2D eigenvalue weighted by Crippen LogP contribution is -2.43. The van der Waals surface area contributed by atoms with Gasteiger partial charge in [0.1, 0.15) is 12.2 Å². The van der Waals surface area contributed by atoms with Crippen LogP contribution < -0.4 is 10.6 Å². The number of carbonyl (C=O) groups is 2. The monoisotopic (exact) mass is 406 g/mol. The summed E-state index contributed by atoms with van der Waals surface area (Å²) < 4.78 is 11.0. The third kappa shape index (κ3) is 5.94. The SMILES string of the molecule is O=C(NC1CCC(CC2CCC(NC(=O)[C@H]3CCCO3)CC2)CC1)[C@H]1CCCO1. The molecule has 0 radical (unpaired) electrons. The zero-order valence-electron chi connectivity index (χ0n) is 17.7. The van der Waals surface area contributed by atoms with Crippen LogP contribution in [0, 0.1) is 11.8 Å². The first-order valence-electron chi connectivity index (χ1n) is 12.0. The molecule has 164 valence electrons. The first kappa shape index (κ1) is 21.1. The summed E-state index contributed by atoms with van der Waals surface area (Å²) in [5.41, 5.74) is 0. The average Bonchev–Trinajstić information content (AvgIpc) is 3.45. The fourth-order valence-corrected chi connectivity index (χ4v) is 5.71. The van der Waals surface area contributed by atoms with Gasteiger partial charge < -0.3 is 20.1 Å². The van der Waals surface area contributed by atoms with E-state index in [-0.39, 0.29) is 24.0 Å². The number of ether oxygens (including phenoxy) is 2. The van der Waals surface area contributed by atoms with Crippen molar-refractivity contribution in [3.05, 3.63) is 0 Å². The maximum absolute atomic E-state index is 12.2. The molecule has 2 heterocycles. The van der Waals surface area contributed by atoms with Gasteiger partial charge in [0.25, 0.3) is 0 Å². The van der Waals surface area contributed by atoms with Crippen molar-refractivity contribution < 1.29 is 19.1 Å². The van der Waals surface area contributed by atoms with E-state index in [4.69, 9.17) is 9.47 Å². The Morgan fingerprint density at radius 2 is 1.03 bits per heavy atom. The van der Waals surface area contributed by atoms with E-state index in [1.54, 1.807) is 0 Å². The summed E-state index contributed by atoms with van der Waals surface area (Å²) in [6.45, 7) is 1.45. The van der Waals surface area contributed by atoms with E-state index in [2.05, 4.69) is 10.6 Å². The normalized spacial score (nSPS) is 37.9. The fourth-order valence-electron chi connectivity index (χ4n) is 5.71. The number of amides is 2. The molecule has 2 saturated carbocycles. The summed E-state index contributed by atoms with van der Waals surface area (Å²) in [4.78, 5) is 24.5. The second kappa shape index (κ2) is 10.3.